The zero-order chi connectivity index (χ0) is 22.9. The Bertz CT molecular complexity index is 1310. The minimum absolute atomic E-state index is 0.0116. The fourth-order valence-electron chi connectivity index (χ4n) is 2.96. The van der Waals surface area contributed by atoms with E-state index in [0.717, 1.165) is 17.8 Å². The number of H-pyrrole nitrogens is 1. The van der Waals surface area contributed by atoms with Gasteiger partial charge >= 0.3 is 12.2 Å². The summed E-state index contributed by atoms with van der Waals surface area (Å²) in [5.41, 5.74) is 1.59. The van der Waals surface area contributed by atoms with E-state index in [4.69, 9.17) is 16.3 Å². The Morgan fingerprint density at radius 3 is 2.66 bits per heavy atom. The number of carbonyl (C=O) groups excluding carboxylic acids is 1. The van der Waals surface area contributed by atoms with E-state index in [2.05, 4.69) is 25.6 Å². The van der Waals surface area contributed by atoms with E-state index in [0.29, 0.717) is 22.7 Å². The third-order valence-electron chi connectivity index (χ3n) is 4.37. The molecular weight excluding hydrogens is 447 g/mol. The fraction of sp³-hybridized carbons (Fsp3) is 0.0952. The van der Waals surface area contributed by atoms with Gasteiger partial charge in [0.2, 0.25) is 5.88 Å². The number of aromatic nitrogens is 3. The Balaban J connectivity index is 1.46. The summed E-state index contributed by atoms with van der Waals surface area (Å²) in [6.45, 7) is 1.88. The summed E-state index contributed by atoms with van der Waals surface area (Å²) in [5, 5.41) is 5.00. The van der Waals surface area contributed by atoms with Crippen molar-refractivity contribution in [1.29, 1.82) is 0 Å². The Morgan fingerprint density at radius 1 is 1.09 bits per heavy atom. The highest BCUT2D eigenvalue weighted by Crippen LogP contribution is 2.32. The van der Waals surface area contributed by atoms with Crippen LogP contribution in [-0.2, 0) is 6.18 Å². The second-order valence-corrected chi connectivity index (χ2v) is 7.20. The molecule has 2 aromatic heterocycles. The van der Waals surface area contributed by atoms with Crippen LogP contribution in [0, 0.1) is 6.92 Å². The number of rotatable bonds is 4. The molecule has 2 heterocycles. The molecule has 4 rings (SSSR count). The first-order valence-corrected chi connectivity index (χ1v) is 9.60. The molecule has 7 nitrogen and oxygen atoms in total. The van der Waals surface area contributed by atoms with E-state index in [-0.39, 0.29) is 16.4 Å². The van der Waals surface area contributed by atoms with Crippen molar-refractivity contribution in [2.75, 3.05) is 10.6 Å². The normalized spacial score (nSPS) is 11.4. The fourth-order valence-corrected chi connectivity index (χ4v) is 3.17. The number of ether oxygens (including phenoxy) is 1. The molecule has 0 saturated heterocycles. The quantitative estimate of drug-likeness (QED) is 0.329. The Kier molecular flexibility index (Phi) is 5.62. The summed E-state index contributed by atoms with van der Waals surface area (Å²) in [4.78, 5) is 23.6. The first-order valence-electron chi connectivity index (χ1n) is 9.22. The zero-order valence-electron chi connectivity index (χ0n) is 16.4. The van der Waals surface area contributed by atoms with E-state index in [9.17, 15) is 18.0 Å². The van der Waals surface area contributed by atoms with Crippen LogP contribution in [0.25, 0.3) is 11.0 Å². The van der Waals surface area contributed by atoms with E-state index >= 15 is 0 Å². The number of hydrogen-bond donors (Lipinski definition) is 3. The van der Waals surface area contributed by atoms with Gasteiger partial charge in [-0.25, -0.2) is 9.78 Å². The SMILES string of the molecule is Cc1cc2ncnc(Oc3ccc(NC(=O)Nc4cccc(C(F)(F)F)c4)c(Cl)c3)c2[nH]1. The molecule has 0 fully saturated rings. The number of aromatic amines is 1. The molecule has 0 bridgehead atoms. The van der Waals surface area contributed by atoms with Crippen LogP contribution in [0.4, 0.5) is 29.3 Å². The van der Waals surface area contributed by atoms with E-state index in [1.54, 1.807) is 6.07 Å². The highest BCUT2D eigenvalue weighted by Gasteiger charge is 2.30. The highest BCUT2D eigenvalue weighted by molar-refractivity contribution is 6.34. The Hall–Kier alpha value is -3.79. The maximum absolute atomic E-state index is 12.8. The average molecular weight is 462 g/mol. The van der Waals surface area contributed by atoms with Crippen LogP contribution in [0.2, 0.25) is 5.02 Å². The molecule has 0 saturated carbocycles. The number of halogens is 4. The van der Waals surface area contributed by atoms with Gasteiger partial charge in [-0.1, -0.05) is 17.7 Å². The Labute approximate surface area is 184 Å². The minimum atomic E-state index is -4.51. The number of benzene rings is 2. The van der Waals surface area contributed by atoms with Crippen LogP contribution in [0.1, 0.15) is 11.3 Å². The van der Waals surface area contributed by atoms with Gasteiger partial charge in [-0.3, -0.25) is 0 Å². The number of hydrogen-bond acceptors (Lipinski definition) is 4. The van der Waals surface area contributed by atoms with Gasteiger partial charge in [-0.2, -0.15) is 18.2 Å². The monoisotopic (exact) mass is 461 g/mol. The van der Waals surface area contributed by atoms with Crippen molar-refractivity contribution >= 4 is 40.0 Å². The molecule has 0 aliphatic heterocycles. The number of alkyl halides is 3. The highest BCUT2D eigenvalue weighted by atomic mass is 35.5. The van der Waals surface area contributed by atoms with Gasteiger partial charge in [0.25, 0.3) is 0 Å². The number of anilines is 2. The molecule has 4 aromatic rings. The van der Waals surface area contributed by atoms with Crippen LogP contribution in [0.15, 0.2) is 54.9 Å². The lowest BCUT2D eigenvalue weighted by Gasteiger charge is -2.12. The van der Waals surface area contributed by atoms with Gasteiger partial charge in [-0.15, -0.1) is 0 Å². The van der Waals surface area contributed by atoms with E-state index in [1.165, 1.54) is 30.6 Å². The van der Waals surface area contributed by atoms with Gasteiger partial charge < -0.3 is 20.4 Å². The average Bonchev–Trinajstić information content (AvgIpc) is 3.11. The van der Waals surface area contributed by atoms with Crippen molar-refractivity contribution in [2.45, 2.75) is 13.1 Å². The number of nitrogens with zero attached hydrogens (tertiary/aromatic N) is 2. The predicted octanol–water partition coefficient (Wildman–Crippen LogP) is 6.37. The molecule has 0 radical (unpaired) electrons. The molecule has 0 spiro atoms. The van der Waals surface area contributed by atoms with Crippen molar-refractivity contribution in [2.24, 2.45) is 0 Å². The molecule has 0 unspecified atom stereocenters. The number of urea groups is 1. The van der Waals surface area contributed by atoms with Gasteiger partial charge in [0.15, 0.2) is 0 Å². The smallest absolute Gasteiger partial charge is 0.416 e. The number of nitrogens with one attached hydrogen (secondary N) is 3. The lowest BCUT2D eigenvalue weighted by Crippen LogP contribution is -2.20. The van der Waals surface area contributed by atoms with Gasteiger partial charge in [0.1, 0.15) is 17.6 Å². The van der Waals surface area contributed by atoms with Crippen LogP contribution >= 0.6 is 11.6 Å². The number of fused-ring (bicyclic) bond motifs is 1. The summed E-state index contributed by atoms with van der Waals surface area (Å²) in [7, 11) is 0. The first-order chi connectivity index (χ1) is 15.2. The first kappa shape index (κ1) is 21.4. The molecule has 2 aromatic carbocycles. The molecular formula is C21H15ClF3N5O2. The van der Waals surface area contributed by atoms with Crippen LogP contribution in [0.5, 0.6) is 11.6 Å². The summed E-state index contributed by atoms with van der Waals surface area (Å²) in [6, 6.07) is 9.95. The summed E-state index contributed by atoms with van der Waals surface area (Å²) < 4.78 is 44.2. The molecule has 0 aliphatic rings. The number of amides is 2. The largest absolute Gasteiger partial charge is 0.437 e. The lowest BCUT2D eigenvalue weighted by molar-refractivity contribution is -0.137. The van der Waals surface area contributed by atoms with Crippen LogP contribution in [0.3, 0.4) is 0 Å². The van der Waals surface area contributed by atoms with E-state index < -0.39 is 17.8 Å². The Morgan fingerprint density at radius 2 is 1.91 bits per heavy atom. The minimum Gasteiger partial charge on any atom is -0.437 e. The molecule has 2 amide bonds. The van der Waals surface area contributed by atoms with Crippen molar-refractivity contribution < 1.29 is 22.7 Å². The van der Waals surface area contributed by atoms with Gasteiger partial charge in [0, 0.05) is 17.4 Å². The number of aryl methyl sites for hydroxylation is 1. The summed E-state index contributed by atoms with van der Waals surface area (Å²) in [5.74, 6) is 0.674. The number of carbonyl (C=O) groups is 1. The van der Waals surface area contributed by atoms with Gasteiger partial charge in [0.05, 0.1) is 21.8 Å². The maximum Gasteiger partial charge on any atom is 0.416 e. The second-order valence-electron chi connectivity index (χ2n) is 6.79. The molecule has 3 N–H and O–H groups in total. The third kappa shape index (κ3) is 4.75. The molecule has 0 aliphatic carbocycles. The zero-order valence-corrected chi connectivity index (χ0v) is 17.2. The molecule has 0 atom stereocenters. The van der Waals surface area contributed by atoms with Gasteiger partial charge in [-0.05, 0) is 43.3 Å². The molecule has 32 heavy (non-hydrogen) atoms. The van der Waals surface area contributed by atoms with Crippen LogP contribution in [-0.4, -0.2) is 21.0 Å². The van der Waals surface area contributed by atoms with Crippen LogP contribution < -0.4 is 15.4 Å². The van der Waals surface area contributed by atoms with Crippen molar-refractivity contribution in [1.82, 2.24) is 15.0 Å². The lowest BCUT2D eigenvalue weighted by atomic mass is 10.2. The summed E-state index contributed by atoms with van der Waals surface area (Å²) >= 11 is 6.24. The van der Waals surface area contributed by atoms with E-state index in [1.807, 2.05) is 13.0 Å². The predicted molar refractivity (Wildman–Crippen MR) is 114 cm³/mol. The standard InChI is InChI=1S/C21H15ClF3N5O2/c1-11-7-17-18(28-11)19(27-10-26-17)32-14-5-6-16(15(22)9-14)30-20(31)29-13-4-2-3-12(8-13)21(23,24)25/h2-10,28H,1H3,(H2,29,30,31). The van der Waals surface area contributed by atoms with Crippen molar-refractivity contribution in [3.8, 4) is 11.6 Å². The topological polar surface area (TPSA) is 91.9 Å². The molecule has 11 heteroatoms. The van der Waals surface area contributed by atoms with Crippen molar-refractivity contribution in [3.05, 3.63) is 71.1 Å². The second kappa shape index (κ2) is 8.39. The maximum atomic E-state index is 12.8. The van der Waals surface area contributed by atoms with Crippen molar-refractivity contribution in [3.63, 3.8) is 0 Å². The molecule has 164 valence electrons. The summed E-state index contributed by atoms with van der Waals surface area (Å²) in [6.07, 6.45) is -3.14. The third-order valence-corrected chi connectivity index (χ3v) is 4.68.